The molecule has 3 aromatic rings. The number of rotatable bonds is 3. The van der Waals surface area contributed by atoms with Gasteiger partial charge in [0.1, 0.15) is 11.5 Å². The highest BCUT2D eigenvalue weighted by molar-refractivity contribution is 6.28. The van der Waals surface area contributed by atoms with Gasteiger partial charge in [-0.25, -0.2) is 14.7 Å². The molecule has 1 fully saturated rings. The van der Waals surface area contributed by atoms with Gasteiger partial charge in [-0.1, -0.05) is 24.3 Å². The number of carbonyl (C=O) groups excluding carboxylic acids is 2. The van der Waals surface area contributed by atoms with Gasteiger partial charge in [-0.3, -0.25) is 4.79 Å². The van der Waals surface area contributed by atoms with Crippen LogP contribution in [0.25, 0.3) is 11.9 Å². The summed E-state index contributed by atoms with van der Waals surface area (Å²) in [5.41, 5.74) is 4.69. The molecule has 28 heavy (non-hydrogen) atoms. The number of nitrogens with zero attached hydrogens (tertiary/aromatic N) is 3. The minimum Gasteiger partial charge on any atom is -0.303 e. The van der Waals surface area contributed by atoms with Crippen molar-refractivity contribution in [1.29, 1.82) is 0 Å². The van der Waals surface area contributed by atoms with Crippen molar-refractivity contribution in [1.82, 2.24) is 14.9 Å². The summed E-state index contributed by atoms with van der Waals surface area (Å²) in [6, 6.07) is 14.4. The monoisotopic (exact) mass is 372 g/mol. The van der Waals surface area contributed by atoms with Crippen LogP contribution in [-0.2, 0) is 4.79 Å². The Kier molecular flexibility index (Phi) is 4.31. The predicted molar refractivity (Wildman–Crippen MR) is 108 cm³/mol. The van der Waals surface area contributed by atoms with Gasteiger partial charge in [0.05, 0.1) is 5.69 Å². The number of nitrogens with one attached hydrogen (secondary N) is 1. The summed E-state index contributed by atoms with van der Waals surface area (Å²) in [6.07, 6.45) is 3.54. The van der Waals surface area contributed by atoms with Gasteiger partial charge in [0.25, 0.3) is 5.91 Å². The number of carbonyl (C=O) groups is 2. The zero-order valence-corrected chi connectivity index (χ0v) is 15.9. The minimum absolute atomic E-state index is 0.256. The second-order valence-corrected chi connectivity index (χ2v) is 6.82. The van der Waals surface area contributed by atoms with Gasteiger partial charge in [0, 0.05) is 17.6 Å². The van der Waals surface area contributed by atoms with Crippen LogP contribution in [-0.4, -0.2) is 21.5 Å². The molecular formula is C22H20N4O2. The Hall–Kier alpha value is -3.67. The molecule has 0 spiro atoms. The van der Waals surface area contributed by atoms with Crippen molar-refractivity contribution in [2.24, 2.45) is 0 Å². The van der Waals surface area contributed by atoms with Crippen molar-refractivity contribution >= 4 is 23.7 Å². The topological polar surface area (TPSA) is 67.2 Å². The molecule has 0 atom stereocenters. The molecule has 1 saturated heterocycles. The quantitative estimate of drug-likeness (QED) is 0.560. The number of amides is 3. The summed E-state index contributed by atoms with van der Waals surface area (Å²) in [6.45, 7) is 5.95. The van der Waals surface area contributed by atoms with E-state index in [4.69, 9.17) is 0 Å². The fourth-order valence-electron chi connectivity index (χ4n) is 3.38. The molecule has 4 rings (SSSR count). The Morgan fingerprint density at radius 2 is 1.75 bits per heavy atom. The highest BCUT2D eigenvalue weighted by Gasteiger charge is 2.34. The smallest absolute Gasteiger partial charge is 0.303 e. The highest BCUT2D eigenvalue weighted by atomic mass is 16.2. The number of imide groups is 1. The van der Waals surface area contributed by atoms with Crippen LogP contribution in [0.2, 0.25) is 0 Å². The van der Waals surface area contributed by atoms with Crippen LogP contribution in [0.3, 0.4) is 0 Å². The van der Waals surface area contributed by atoms with Gasteiger partial charge in [-0.05, 0) is 62.2 Å². The van der Waals surface area contributed by atoms with E-state index in [-0.39, 0.29) is 11.6 Å². The second kappa shape index (κ2) is 6.81. The number of benzene rings is 1. The van der Waals surface area contributed by atoms with Gasteiger partial charge in [0.2, 0.25) is 0 Å². The molecule has 6 heteroatoms. The van der Waals surface area contributed by atoms with E-state index in [2.05, 4.69) is 10.3 Å². The van der Waals surface area contributed by atoms with Crippen LogP contribution in [0.15, 0.2) is 60.4 Å². The molecule has 1 aliphatic rings. The highest BCUT2D eigenvalue weighted by Crippen LogP contribution is 2.25. The molecule has 0 unspecified atom stereocenters. The molecule has 0 aliphatic carbocycles. The zero-order valence-electron chi connectivity index (χ0n) is 15.9. The average Bonchev–Trinajstić information content (AvgIpc) is 3.12. The van der Waals surface area contributed by atoms with E-state index >= 15 is 0 Å². The third-order valence-electron chi connectivity index (χ3n) is 4.79. The summed E-state index contributed by atoms with van der Waals surface area (Å²) in [7, 11) is 0. The predicted octanol–water partition coefficient (Wildman–Crippen LogP) is 3.89. The van der Waals surface area contributed by atoms with Gasteiger partial charge >= 0.3 is 6.03 Å². The van der Waals surface area contributed by atoms with Crippen molar-refractivity contribution < 1.29 is 9.59 Å². The largest absolute Gasteiger partial charge is 0.333 e. The van der Waals surface area contributed by atoms with E-state index in [1.165, 1.54) is 0 Å². The lowest BCUT2D eigenvalue weighted by Gasteiger charge is -2.10. The minimum atomic E-state index is -0.448. The SMILES string of the molecule is Cc1ccc(-n2c(C)cc(/C=C3/NC(=O)N(c4ccccc4)C3=O)c2C)nc1. The third kappa shape index (κ3) is 2.99. The van der Waals surface area contributed by atoms with Crippen LogP contribution in [0.1, 0.15) is 22.5 Å². The number of aromatic nitrogens is 2. The van der Waals surface area contributed by atoms with Crippen molar-refractivity contribution in [3.05, 3.63) is 82.9 Å². The van der Waals surface area contributed by atoms with E-state index in [0.717, 1.165) is 33.2 Å². The molecule has 0 saturated carbocycles. The van der Waals surface area contributed by atoms with Gasteiger partial charge < -0.3 is 9.88 Å². The van der Waals surface area contributed by atoms with Crippen LogP contribution in [0.5, 0.6) is 0 Å². The number of para-hydroxylation sites is 1. The first-order valence-corrected chi connectivity index (χ1v) is 9.00. The number of urea groups is 1. The van der Waals surface area contributed by atoms with E-state index < -0.39 is 6.03 Å². The van der Waals surface area contributed by atoms with Crippen LogP contribution in [0.4, 0.5) is 10.5 Å². The van der Waals surface area contributed by atoms with Gasteiger partial charge in [0.15, 0.2) is 0 Å². The van der Waals surface area contributed by atoms with Gasteiger partial charge in [-0.2, -0.15) is 0 Å². The zero-order chi connectivity index (χ0) is 19.8. The first kappa shape index (κ1) is 17.7. The molecule has 0 bridgehead atoms. The summed E-state index contributed by atoms with van der Waals surface area (Å²) in [5, 5.41) is 2.68. The van der Waals surface area contributed by atoms with Crippen molar-refractivity contribution in [2.45, 2.75) is 20.8 Å². The maximum Gasteiger partial charge on any atom is 0.333 e. The van der Waals surface area contributed by atoms with Gasteiger partial charge in [-0.15, -0.1) is 0 Å². The van der Waals surface area contributed by atoms with E-state index in [0.29, 0.717) is 5.69 Å². The van der Waals surface area contributed by atoms with Crippen LogP contribution < -0.4 is 10.2 Å². The standard InChI is InChI=1S/C22H20N4O2/c1-14-9-10-20(23-13-14)25-15(2)11-17(16(25)3)12-19-21(27)26(22(28)24-19)18-7-5-4-6-8-18/h4-13H,1-3H3,(H,24,28)/b19-12+. The summed E-state index contributed by atoms with van der Waals surface area (Å²) in [5.74, 6) is 0.451. The maximum atomic E-state index is 12.8. The molecule has 0 radical (unpaired) electrons. The van der Waals surface area contributed by atoms with E-state index in [9.17, 15) is 9.59 Å². The molecule has 1 N–H and O–H groups in total. The lowest BCUT2D eigenvalue weighted by Crippen LogP contribution is -2.30. The lowest BCUT2D eigenvalue weighted by molar-refractivity contribution is -0.113. The molecule has 2 aromatic heterocycles. The lowest BCUT2D eigenvalue weighted by atomic mass is 10.2. The molecule has 3 amide bonds. The fourth-order valence-corrected chi connectivity index (χ4v) is 3.38. The normalized spacial score (nSPS) is 15.4. The first-order valence-electron chi connectivity index (χ1n) is 9.00. The van der Waals surface area contributed by atoms with E-state index in [1.54, 1.807) is 30.3 Å². The van der Waals surface area contributed by atoms with Crippen molar-refractivity contribution in [3.63, 3.8) is 0 Å². The molecule has 6 nitrogen and oxygen atoms in total. The molecular weight excluding hydrogens is 352 g/mol. The molecule has 3 heterocycles. The average molecular weight is 372 g/mol. The molecule has 1 aromatic carbocycles. The van der Waals surface area contributed by atoms with E-state index in [1.807, 2.05) is 55.8 Å². The fraction of sp³-hybridized carbons (Fsp3) is 0.136. The Morgan fingerprint density at radius 1 is 1.00 bits per heavy atom. The number of hydrogen-bond acceptors (Lipinski definition) is 3. The number of hydrogen-bond donors (Lipinski definition) is 1. The maximum absolute atomic E-state index is 12.8. The van der Waals surface area contributed by atoms with Crippen molar-refractivity contribution in [2.75, 3.05) is 4.90 Å². The summed E-state index contributed by atoms with van der Waals surface area (Å²) < 4.78 is 2.03. The van der Waals surface area contributed by atoms with Crippen molar-refractivity contribution in [3.8, 4) is 5.82 Å². The molecule has 1 aliphatic heterocycles. The number of anilines is 1. The van der Waals surface area contributed by atoms with Crippen LogP contribution >= 0.6 is 0 Å². The number of aryl methyl sites for hydroxylation is 2. The Labute approximate surface area is 163 Å². The Bertz CT molecular complexity index is 1100. The summed E-state index contributed by atoms with van der Waals surface area (Å²) >= 11 is 0. The first-order chi connectivity index (χ1) is 13.5. The Balaban J connectivity index is 1.70. The second-order valence-electron chi connectivity index (χ2n) is 6.82. The Morgan fingerprint density at radius 3 is 2.43 bits per heavy atom. The third-order valence-corrected chi connectivity index (χ3v) is 4.79. The summed E-state index contributed by atoms with van der Waals surface area (Å²) in [4.78, 5) is 30.8. The van der Waals surface area contributed by atoms with Crippen LogP contribution in [0, 0.1) is 20.8 Å². The number of pyridine rings is 1. The molecule has 140 valence electrons.